The zero-order valence-corrected chi connectivity index (χ0v) is 17.7. The van der Waals surface area contributed by atoms with Gasteiger partial charge >= 0.3 is 16.9 Å². The first kappa shape index (κ1) is 24.9. The molecule has 3 rings (SSSR count). The third-order valence-electron chi connectivity index (χ3n) is 4.80. The van der Waals surface area contributed by atoms with Gasteiger partial charge < -0.3 is 10.2 Å². The average molecular weight is 496 g/mol. The van der Waals surface area contributed by atoms with Crippen LogP contribution < -0.4 is 16.7 Å². The van der Waals surface area contributed by atoms with Gasteiger partial charge in [-0.15, -0.1) is 0 Å². The minimum absolute atomic E-state index is 0.00789. The molecule has 10 nitrogen and oxygen atoms in total. The van der Waals surface area contributed by atoms with Crippen LogP contribution in [0.3, 0.4) is 0 Å². The van der Waals surface area contributed by atoms with Gasteiger partial charge in [-0.05, 0) is 12.1 Å². The second kappa shape index (κ2) is 8.89. The lowest BCUT2D eigenvalue weighted by atomic mass is 9.98. The summed E-state index contributed by atoms with van der Waals surface area (Å²) in [5, 5.41) is 13.0. The van der Waals surface area contributed by atoms with Crippen molar-refractivity contribution >= 4 is 17.5 Å². The fourth-order valence-electron chi connectivity index (χ4n) is 3.10. The normalized spacial score (nSPS) is 12.5. The quantitative estimate of drug-likeness (QED) is 0.235. The van der Waals surface area contributed by atoms with E-state index >= 15 is 0 Å². The Balaban J connectivity index is 2.29. The molecular formula is C20H13F5N6O4. The summed E-state index contributed by atoms with van der Waals surface area (Å²) in [5.41, 5.74) is -7.93. The first-order valence-corrected chi connectivity index (χ1v) is 9.36. The van der Waals surface area contributed by atoms with Crippen molar-refractivity contribution in [3.8, 4) is 11.8 Å². The number of aromatic nitrogens is 3. The van der Waals surface area contributed by atoms with Crippen molar-refractivity contribution in [2.75, 3.05) is 19.4 Å². The number of rotatable bonds is 5. The van der Waals surface area contributed by atoms with Gasteiger partial charge in [0.25, 0.3) is 11.8 Å². The number of nitriles is 1. The highest BCUT2D eigenvalue weighted by molar-refractivity contribution is 6.15. The summed E-state index contributed by atoms with van der Waals surface area (Å²) in [7, 11) is 2.08. The summed E-state index contributed by atoms with van der Waals surface area (Å²) in [5.74, 6) is -15.8. The van der Waals surface area contributed by atoms with Crippen LogP contribution in [0, 0.1) is 40.4 Å². The fourth-order valence-corrected chi connectivity index (χ4v) is 3.10. The van der Waals surface area contributed by atoms with E-state index in [1.54, 1.807) is 6.07 Å². The van der Waals surface area contributed by atoms with Gasteiger partial charge in [-0.2, -0.15) is 9.94 Å². The van der Waals surface area contributed by atoms with E-state index < -0.39 is 63.5 Å². The van der Waals surface area contributed by atoms with Gasteiger partial charge in [0.15, 0.2) is 23.3 Å². The number of benzene rings is 2. The summed E-state index contributed by atoms with van der Waals surface area (Å²) < 4.78 is 69.3. The molecule has 2 N–H and O–H groups in total. The number of aromatic amines is 1. The van der Waals surface area contributed by atoms with Crippen LogP contribution in [-0.4, -0.2) is 45.2 Å². The molecule has 0 aliphatic rings. The van der Waals surface area contributed by atoms with Crippen LogP contribution in [0.2, 0.25) is 0 Å². The molecule has 0 saturated heterocycles. The van der Waals surface area contributed by atoms with Crippen molar-refractivity contribution in [1.82, 2.24) is 19.2 Å². The topological polar surface area (TPSA) is 133 Å². The van der Waals surface area contributed by atoms with Gasteiger partial charge in [0.1, 0.15) is 11.8 Å². The molecule has 1 atom stereocenters. The van der Waals surface area contributed by atoms with E-state index in [0.717, 1.165) is 14.1 Å². The number of hydrogen-bond donors (Lipinski definition) is 2. The number of carbonyl (C=O) groups is 2. The second-order valence-electron chi connectivity index (χ2n) is 7.13. The van der Waals surface area contributed by atoms with Crippen molar-refractivity contribution in [3.05, 3.63) is 80.4 Å². The summed E-state index contributed by atoms with van der Waals surface area (Å²) >= 11 is 0. The summed E-state index contributed by atoms with van der Waals surface area (Å²) in [6, 6.07) is 8.25. The molecule has 0 saturated carbocycles. The van der Waals surface area contributed by atoms with Gasteiger partial charge in [0.05, 0.1) is 5.69 Å². The standard InChI is InChI=1S/C20H13F5N6O4/c1-29(2)17(33)20(8-26,16(32)27-15-13(24)11(22)10(21)12(23)14(15)25)31-19(35)30(18(34)28-31)9-6-4-3-5-7-9/h3-7H,1-2H3,(H,27,32)(H,28,34). The largest absolute Gasteiger partial charge is 0.354 e. The molecule has 35 heavy (non-hydrogen) atoms. The van der Waals surface area contributed by atoms with E-state index in [4.69, 9.17) is 0 Å². The smallest absolute Gasteiger partial charge is 0.345 e. The van der Waals surface area contributed by atoms with E-state index in [-0.39, 0.29) is 10.4 Å². The Morgan fingerprint density at radius 3 is 1.97 bits per heavy atom. The highest BCUT2D eigenvalue weighted by Crippen LogP contribution is 2.29. The zero-order valence-electron chi connectivity index (χ0n) is 17.7. The number of halogens is 5. The zero-order chi connectivity index (χ0) is 26.2. The lowest BCUT2D eigenvalue weighted by Crippen LogP contribution is -2.59. The average Bonchev–Trinajstić information content (AvgIpc) is 3.14. The van der Waals surface area contributed by atoms with Crippen molar-refractivity contribution in [1.29, 1.82) is 5.26 Å². The SMILES string of the molecule is CN(C)C(=O)C(C#N)(C(=O)Nc1c(F)c(F)c(F)c(F)c1F)n1[nH]c(=O)n(-c2ccccc2)c1=O. The molecule has 2 amide bonds. The second-order valence-corrected chi connectivity index (χ2v) is 7.13. The molecule has 0 aliphatic heterocycles. The Morgan fingerprint density at radius 2 is 1.49 bits per heavy atom. The molecule has 1 unspecified atom stereocenters. The molecule has 3 aromatic rings. The molecule has 0 fully saturated rings. The number of H-pyrrole nitrogens is 1. The van der Waals surface area contributed by atoms with Crippen molar-refractivity contribution in [2.45, 2.75) is 5.54 Å². The van der Waals surface area contributed by atoms with Gasteiger partial charge in [0, 0.05) is 14.1 Å². The van der Waals surface area contributed by atoms with Gasteiger partial charge in [-0.3, -0.25) is 9.59 Å². The van der Waals surface area contributed by atoms with Crippen LogP contribution >= 0.6 is 0 Å². The number of carbonyl (C=O) groups excluding carboxylic acids is 2. The van der Waals surface area contributed by atoms with E-state index in [1.165, 1.54) is 35.7 Å². The number of nitrogens with one attached hydrogen (secondary N) is 2. The molecule has 0 spiro atoms. The van der Waals surface area contributed by atoms with E-state index in [1.807, 2.05) is 5.10 Å². The number of nitrogens with zero attached hydrogens (tertiary/aromatic N) is 4. The summed E-state index contributed by atoms with van der Waals surface area (Å²) in [6.45, 7) is 0. The van der Waals surface area contributed by atoms with Crippen LogP contribution in [0.4, 0.5) is 27.6 Å². The number of para-hydroxylation sites is 1. The van der Waals surface area contributed by atoms with Gasteiger partial charge in [-0.1, -0.05) is 18.2 Å². The molecule has 1 aromatic heterocycles. The molecule has 0 radical (unpaired) electrons. The number of hydrogen-bond acceptors (Lipinski definition) is 5. The number of anilines is 1. The molecule has 15 heteroatoms. The van der Waals surface area contributed by atoms with Gasteiger partial charge in [-0.25, -0.2) is 41.2 Å². The van der Waals surface area contributed by atoms with E-state index in [2.05, 4.69) is 0 Å². The maximum atomic E-state index is 14.1. The van der Waals surface area contributed by atoms with Crippen LogP contribution in [0.5, 0.6) is 0 Å². The van der Waals surface area contributed by atoms with Crippen molar-refractivity contribution in [2.24, 2.45) is 0 Å². The first-order chi connectivity index (χ1) is 16.4. The Morgan fingerprint density at radius 1 is 0.971 bits per heavy atom. The molecular weight excluding hydrogens is 483 g/mol. The predicted molar refractivity (Wildman–Crippen MR) is 108 cm³/mol. The monoisotopic (exact) mass is 496 g/mol. The lowest BCUT2D eigenvalue weighted by Gasteiger charge is -2.27. The molecule has 182 valence electrons. The highest BCUT2D eigenvalue weighted by atomic mass is 19.2. The Bertz CT molecular complexity index is 1480. The van der Waals surface area contributed by atoms with Crippen LogP contribution in [0.25, 0.3) is 5.69 Å². The van der Waals surface area contributed by atoms with Crippen LogP contribution in [0.15, 0.2) is 39.9 Å². The third kappa shape index (κ3) is 3.74. The van der Waals surface area contributed by atoms with Gasteiger partial charge in [0.2, 0.25) is 5.82 Å². The van der Waals surface area contributed by atoms with Crippen molar-refractivity contribution < 1.29 is 31.5 Å². The van der Waals surface area contributed by atoms with E-state index in [9.17, 15) is 46.4 Å². The summed E-state index contributed by atoms with van der Waals surface area (Å²) in [4.78, 5) is 52.2. The Labute approximate surface area is 191 Å². The minimum Gasteiger partial charge on any atom is -0.345 e. The minimum atomic E-state index is -3.38. The Hall–Kier alpha value is -4.74. The summed E-state index contributed by atoms with van der Waals surface area (Å²) in [6.07, 6.45) is 0. The Kier molecular flexibility index (Phi) is 6.33. The third-order valence-corrected chi connectivity index (χ3v) is 4.80. The van der Waals surface area contributed by atoms with E-state index in [0.29, 0.717) is 9.47 Å². The molecule has 0 aliphatic carbocycles. The molecule has 2 aromatic carbocycles. The van der Waals surface area contributed by atoms with Crippen LogP contribution in [0.1, 0.15) is 0 Å². The first-order valence-electron chi connectivity index (χ1n) is 9.36. The number of likely N-dealkylation sites (N-methyl/N-ethyl adjacent to an activating group) is 1. The maximum Gasteiger partial charge on any atom is 0.354 e. The lowest BCUT2D eigenvalue weighted by molar-refractivity contribution is -0.142. The molecule has 0 bridgehead atoms. The fraction of sp³-hybridized carbons (Fsp3) is 0.150. The highest BCUT2D eigenvalue weighted by Gasteiger charge is 2.53. The molecule has 1 heterocycles. The van der Waals surface area contributed by atoms with Crippen molar-refractivity contribution in [3.63, 3.8) is 0 Å². The number of amides is 2. The van der Waals surface area contributed by atoms with Crippen LogP contribution in [-0.2, 0) is 15.1 Å². The maximum absolute atomic E-state index is 14.1. The predicted octanol–water partition coefficient (Wildman–Crippen LogP) is 0.969.